The van der Waals surface area contributed by atoms with E-state index in [1.165, 1.54) is 31.7 Å². The zero-order valence-electron chi connectivity index (χ0n) is 15.3. The topological polar surface area (TPSA) is 75.5 Å². The molecule has 0 atom stereocenters. The Morgan fingerprint density at radius 2 is 1.77 bits per heavy atom. The highest BCUT2D eigenvalue weighted by molar-refractivity contribution is 5.96. The number of anilines is 1. The third-order valence-corrected chi connectivity index (χ3v) is 6.12. The molecule has 6 nitrogen and oxygen atoms in total. The summed E-state index contributed by atoms with van der Waals surface area (Å²) in [4.78, 5) is 26.0. The van der Waals surface area contributed by atoms with E-state index in [1.54, 1.807) is 12.1 Å². The minimum atomic E-state index is -0.358. The highest BCUT2D eigenvalue weighted by Gasteiger charge is 2.42. The summed E-state index contributed by atoms with van der Waals surface area (Å²) in [6, 6.07) is 5.21. The Bertz CT molecular complexity index is 692. The van der Waals surface area contributed by atoms with Crippen LogP contribution in [0, 0.1) is 27.9 Å². The fourth-order valence-corrected chi connectivity index (χ4v) is 4.09. The van der Waals surface area contributed by atoms with E-state index in [2.05, 4.69) is 17.1 Å². The van der Waals surface area contributed by atoms with Gasteiger partial charge in [-0.2, -0.15) is 0 Å². The Balaban J connectivity index is 1.52. The number of amides is 1. The minimum absolute atomic E-state index is 0.0431. The lowest BCUT2D eigenvalue weighted by Crippen LogP contribution is -2.38. The van der Waals surface area contributed by atoms with Crippen molar-refractivity contribution >= 4 is 17.3 Å². The first-order valence-corrected chi connectivity index (χ1v) is 9.87. The van der Waals surface area contributed by atoms with Gasteiger partial charge in [-0.1, -0.05) is 6.92 Å². The van der Waals surface area contributed by atoms with Gasteiger partial charge in [0.25, 0.3) is 11.6 Å². The number of nitrogens with zero attached hydrogens (tertiary/aromatic N) is 2. The Morgan fingerprint density at radius 3 is 2.31 bits per heavy atom. The van der Waals surface area contributed by atoms with Crippen LogP contribution in [0.4, 0.5) is 11.4 Å². The molecule has 140 valence electrons. The average Bonchev–Trinajstić information content (AvgIpc) is 3.53. The summed E-state index contributed by atoms with van der Waals surface area (Å²) in [7, 11) is 0. The Kier molecular flexibility index (Phi) is 4.59. The highest BCUT2D eigenvalue weighted by Crippen LogP contribution is 2.44. The maximum Gasteiger partial charge on any atom is 0.293 e. The highest BCUT2D eigenvalue weighted by atomic mass is 16.6. The predicted molar refractivity (Wildman–Crippen MR) is 100 cm³/mol. The second kappa shape index (κ2) is 6.89. The number of benzene rings is 1. The molecular weight excluding hydrogens is 330 g/mol. The number of nitrogens with one attached hydrogen (secondary N) is 1. The van der Waals surface area contributed by atoms with E-state index in [1.807, 2.05) is 0 Å². The van der Waals surface area contributed by atoms with Crippen LogP contribution in [0.2, 0.25) is 0 Å². The van der Waals surface area contributed by atoms with E-state index < -0.39 is 0 Å². The summed E-state index contributed by atoms with van der Waals surface area (Å²) >= 11 is 0. The lowest BCUT2D eigenvalue weighted by atomic mass is 9.98. The van der Waals surface area contributed by atoms with Crippen molar-refractivity contribution < 1.29 is 9.72 Å². The van der Waals surface area contributed by atoms with Gasteiger partial charge >= 0.3 is 0 Å². The molecule has 1 aromatic rings. The number of rotatable bonds is 6. The van der Waals surface area contributed by atoms with E-state index in [0.29, 0.717) is 29.0 Å². The van der Waals surface area contributed by atoms with Crippen LogP contribution >= 0.6 is 0 Å². The molecule has 4 rings (SSSR count). The van der Waals surface area contributed by atoms with Gasteiger partial charge in [0.05, 0.1) is 4.92 Å². The second-order valence-electron chi connectivity index (χ2n) is 8.30. The number of hydrogen-bond donors (Lipinski definition) is 1. The Hall–Kier alpha value is -2.11. The summed E-state index contributed by atoms with van der Waals surface area (Å²) in [6.07, 6.45) is 6.84. The maximum absolute atomic E-state index is 12.7. The van der Waals surface area contributed by atoms with E-state index in [9.17, 15) is 14.9 Å². The van der Waals surface area contributed by atoms with Gasteiger partial charge in [0.15, 0.2) is 0 Å². The molecule has 26 heavy (non-hydrogen) atoms. The summed E-state index contributed by atoms with van der Waals surface area (Å²) in [5, 5.41) is 14.8. The molecule has 1 aliphatic heterocycles. The molecule has 1 heterocycles. The van der Waals surface area contributed by atoms with Crippen LogP contribution < -0.4 is 10.2 Å². The van der Waals surface area contributed by atoms with E-state index >= 15 is 0 Å². The first-order valence-electron chi connectivity index (χ1n) is 9.87. The zero-order valence-corrected chi connectivity index (χ0v) is 15.3. The summed E-state index contributed by atoms with van der Waals surface area (Å²) in [5.41, 5.74) is 1.08. The van der Waals surface area contributed by atoms with Crippen LogP contribution in [0.1, 0.15) is 55.8 Å². The number of nitro benzene ring substituents is 1. The van der Waals surface area contributed by atoms with Crippen LogP contribution in [0.25, 0.3) is 0 Å². The van der Waals surface area contributed by atoms with Gasteiger partial charge in [-0.15, -0.1) is 0 Å². The van der Waals surface area contributed by atoms with Gasteiger partial charge in [0.2, 0.25) is 0 Å². The van der Waals surface area contributed by atoms with E-state index in [4.69, 9.17) is 0 Å². The monoisotopic (exact) mass is 357 g/mol. The number of nitro groups is 1. The van der Waals surface area contributed by atoms with Gasteiger partial charge in [-0.05, 0) is 68.4 Å². The Labute approximate surface area is 154 Å². The molecule has 1 amide bonds. The minimum Gasteiger partial charge on any atom is -0.366 e. The summed E-state index contributed by atoms with van der Waals surface area (Å²) < 4.78 is 0. The molecule has 2 saturated carbocycles. The summed E-state index contributed by atoms with van der Waals surface area (Å²) in [6.45, 7) is 3.88. The quantitative estimate of drug-likeness (QED) is 0.621. The number of carbonyl (C=O) groups excluding carboxylic acids is 1. The van der Waals surface area contributed by atoms with Gasteiger partial charge < -0.3 is 10.2 Å². The standard InChI is InChI=1S/C20H27N3O3/c1-13-8-10-22(11-9-13)17-7-6-16(12-18(17)23(25)26)20(24)21-19(14-2-3-14)15-4-5-15/h6-7,12-15,19H,2-5,8-11H2,1H3,(H,21,24). The van der Waals surface area contributed by atoms with Crippen LogP contribution in [0.15, 0.2) is 18.2 Å². The SMILES string of the molecule is CC1CCN(c2ccc(C(=O)NC(C3CC3)C3CC3)cc2[N+](=O)[O-])CC1. The lowest BCUT2D eigenvalue weighted by Gasteiger charge is -2.31. The van der Waals surface area contributed by atoms with Crippen molar-refractivity contribution in [1.82, 2.24) is 5.32 Å². The first-order chi connectivity index (χ1) is 12.5. The fourth-order valence-electron chi connectivity index (χ4n) is 4.09. The molecule has 3 fully saturated rings. The molecule has 0 aromatic heterocycles. The molecule has 0 unspecified atom stereocenters. The second-order valence-corrected chi connectivity index (χ2v) is 8.30. The zero-order chi connectivity index (χ0) is 18.3. The van der Waals surface area contributed by atoms with Gasteiger partial charge in [-0.25, -0.2) is 0 Å². The molecular formula is C20H27N3O3. The Morgan fingerprint density at radius 1 is 1.15 bits per heavy atom. The molecule has 0 spiro atoms. The summed E-state index contributed by atoms with van der Waals surface area (Å²) in [5.74, 6) is 1.71. The fraction of sp³-hybridized carbons (Fsp3) is 0.650. The van der Waals surface area contributed by atoms with Crippen molar-refractivity contribution in [3.8, 4) is 0 Å². The molecule has 3 aliphatic rings. The largest absolute Gasteiger partial charge is 0.366 e. The molecule has 0 radical (unpaired) electrons. The first kappa shape index (κ1) is 17.3. The normalized spacial score (nSPS) is 21.1. The van der Waals surface area contributed by atoms with Crippen LogP contribution in [0.5, 0.6) is 0 Å². The molecule has 1 saturated heterocycles. The predicted octanol–water partition coefficient (Wildman–Crippen LogP) is 3.75. The van der Waals surface area contributed by atoms with Crippen molar-refractivity contribution in [2.24, 2.45) is 17.8 Å². The average molecular weight is 357 g/mol. The van der Waals surface area contributed by atoms with Crippen LogP contribution in [-0.2, 0) is 0 Å². The van der Waals surface area contributed by atoms with E-state index in [-0.39, 0.29) is 22.6 Å². The molecule has 1 aromatic carbocycles. The number of hydrogen-bond acceptors (Lipinski definition) is 4. The van der Waals surface area contributed by atoms with Crippen LogP contribution in [-0.4, -0.2) is 30.0 Å². The van der Waals surface area contributed by atoms with Crippen molar-refractivity contribution in [2.75, 3.05) is 18.0 Å². The van der Waals surface area contributed by atoms with Crippen molar-refractivity contribution in [3.63, 3.8) is 0 Å². The molecule has 1 N–H and O–H groups in total. The molecule has 6 heteroatoms. The van der Waals surface area contributed by atoms with Crippen molar-refractivity contribution in [1.29, 1.82) is 0 Å². The third kappa shape index (κ3) is 3.69. The van der Waals surface area contributed by atoms with Crippen LogP contribution in [0.3, 0.4) is 0 Å². The van der Waals surface area contributed by atoms with Gasteiger partial charge in [0, 0.05) is 30.8 Å². The van der Waals surface area contributed by atoms with Gasteiger partial charge in [-0.3, -0.25) is 14.9 Å². The third-order valence-electron chi connectivity index (χ3n) is 6.12. The number of piperidine rings is 1. The molecule has 2 aliphatic carbocycles. The smallest absolute Gasteiger partial charge is 0.293 e. The van der Waals surface area contributed by atoms with Crippen molar-refractivity contribution in [3.05, 3.63) is 33.9 Å². The lowest BCUT2D eigenvalue weighted by molar-refractivity contribution is -0.384. The molecule has 0 bridgehead atoms. The van der Waals surface area contributed by atoms with Crippen molar-refractivity contribution in [2.45, 2.75) is 51.5 Å². The maximum atomic E-state index is 12.7. The number of carbonyl (C=O) groups is 1. The van der Waals surface area contributed by atoms with Gasteiger partial charge in [0.1, 0.15) is 5.69 Å². The van der Waals surface area contributed by atoms with E-state index in [0.717, 1.165) is 25.9 Å².